The molecule has 0 fully saturated rings. The maximum Gasteiger partial charge on any atom is 0.258 e. The summed E-state index contributed by atoms with van der Waals surface area (Å²) in [6.45, 7) is 1.29. The van der Waals surface area contributed by atoms with Gasteiger partial charge in [-0.3, -0.25) is 9.59 Å². The largest absolute Gasteiger partial charge is 0.325 e. The molecule has 0 radical (unpaired) electrons. The fourth-order valence-electron chi connectivity index (χ4n) is 2.02. The Morgan fingerprint density at radius 2 is 1.72 bits per heavy atom. The molecule has 0 unspecified atom stereocenters. The second kappa shape index (κ2) is 7.20. The normalized spacial score (nSPS) is 11.0. The van der Waals surface area contributed by atoms with Crippen LogP contribution in [0.15, 0.2) is 41.3 Å². The molecule has 132 valence electrons. The van der Waals surface area contributed by atoms with Crippen molar-refractivity contribution >= 4 is 44.6 Å². The van der Waals surface area contributed by atoms with Crippen LogP contribution in [0.1, 0.15) is 17.3 Å². The minimum atomic E-state index is -3.60. The predicted octanol–water partition coefficient (Wildman–Crippen LogP) is 3.09. The van der Waals surface area contributed by atoms with E-state index < -0.39 is 27.1 Å². The monoisotopic (exact) mass is 384 g/mol. The average molecular weight is 385 g/mol. The molecule has 0 bridgehead atoms. The van der Waals surface area contributed by atoms with E-state index in [0.717, 1.165) is 24.5 Å². The lowest BCUT2D eigenvalue weighted by molar-refractivity contribution is -0.114. The average Bonchev–Trinajstić information content (AvgIpc) is 2.48. The van der Waals surface area contributed by atoms with Gasteiger partial charge in [-0.05, 0) is 36.4 Å². The van der Waals surface area contributed by atoms with E-state index in [1.165, 1.54) is 25.1 Å². The molecular weight excluding hydrogens is 371 g/mol. The number of halogens is 2. The van der Waals surface area contributed by atoms with Gasteiger partial charge in [0.1, 0.15) is 5.82 Å². The zero-order valence-corrected chi connectivity index (χ0v) is 14.8. The van der Waals surface area contributed by atoms with E-state index in [9.17, 15) is 22.4 Å². The van der Waals surface area contributed by atoms with Gasteiger partial charge in [-0.2, -0.15) is 0 Å². The van der Waals surface area contributed by atoms with Crippen LogP contribution in [0.25, 0.3) is 0 Å². The number of amides is 2. The number of hydrogen-bond acceptors (Lipinski definition) is 4. The van der Waals surface area contributed by atoms with Crippen molar-refractivity contribution in [3.8, 4) is 0 Å². The van der Waals surface area contributed by atoms with Crippen LogP contribution >= 0.6 is 11.6 Å². The van der Waals surface area contributed by atoms with Gasteiger partial charge >= 0.3 is 0 Å². The first-order chi connectivity index (χ1) is 11.6. The van der Waals surface area contributed by atoms with E-state index in [2.05, 4.69) is 10.6 Å². The summed E-state index contributed by atoms with van der Waals surface area (Å²) < 4.78 is 37.1. The highest BCUT2D eigenvalue weighted by Crippen LogP contribution is 2.27. The van der Waals surface area contributed by atoms with Crippen LogP contribution in [-0.4, -0.2) is 26.5 Å². The van der Waals surface area contributed by atoms with Crippen LogP contribution < -0.4 is 10.6 Å². The summed E-state index contributed by atoms with van der Waals surface area (Å²) in [6, 6.07) is 7.28. The number of benzene rings is 2. The molecule has 0 aliphatic heterocycles. The standard InChI is InChI=1S/C16H14ClFN2O4S/c1-9(21)19-14-6-3-10(17)7-15(14)20-16(22)12-8-11(25(2,23)24)4-5-13(12)18/h3-8H,1-2H3,(H,19,21)(H,20,22). The van der Waals surface area contributed by atoms with E-state index in [1.807, 2.05) is 0 Å². The number of anilines is 2. The molecule has 0 saturated heterocycles. The van der Waals surface area contributed by atoms with Crippen molar-refractivity contribution < 1.29 is 22.4 Å². The molecule has 2 N–H and O–H groups in total. The van der Waals surface area contributed by atoms with Gasteiger partial charge in [0.2, 0.25) is 5.91 Å². The van der Waals surface area contributed by atoms with Crippen LogP contribution in [-0.2, 0) is 14.6 Å². The van der Waals surface area contributed by atoms with Gasteiger partial charge in [0.25, 0.3) is 5.91 Å². The van der Waals surface area contributed by atoms with Crippen LogP contribution in [0.2, 0.25) is 5.02 Å². The fraction of sp³-hybridized carbons (Fsp3) is 0.125. The molecule has 2 rings (SSSR count). The second-order valence-electron chi connectivity index (χ2n) is 5.24. The third-order valence-electron chi connectivity index (χ3n) is 3.15. The molecule has 25 heavy (non-hydrogen) atoms. The number of hydrogen-bond donors (Lipinski definition) is 2. The highest BCUT2D eigenvalue weighted by atomic mass is 35.5. The number of nitrogens with one attached hydrogen (secondary N) is 2. The molecule has 0 aliphatic carbocycles. The van der Waals surface area contributed by atoms with E-state index in [-0.39, 0.29) is 27.2 Å². The summed E-state index contributed by atoms with van der Waals surface area (Å²) in [7, 11) is -3.60. The molecule has 2 aromatic rings. The van der Waals surface area contributed by atoms with Gasteiger partial charge in [0.05, 0.1) is 21.8 Å². The van der Waals surface area contributed by atoms with E-state index >= 15 is 0 Å². The molecule has 9 heteroatoms. The first kappa shape index (κ1) is 18.9. The SMILES string of the molecule is CC(=O)Nc1ccc(Cl)cc1NC(=O)c1cc(S(C)(=O)=O)ccc1F. The molecule has 2 aromatic carbocycles. The van der Waals surface area contributed by atoms with Crippen molar-refractivity contribution in [3.05, 3.63) is 52.8 Å². The number of carbonyl (C=O) groups excluding carboxylic acids is 2. The first-order valence-corrected chi connectivity index (χ1v) is 9.23. The lowest BCUT2D eigenvalue weighted by Crippen LogP contribution is -2.17. The van der Waals surface area contributed by atoms with Crippen LogP contribution in [0.5, 0.6) is 0 Å². The number of sulfone groups is 1. The molecule has 0 saturated carbocycles. The van der Waals surface area contributed by atoms with Gasteiger partial charge in [-0.1, -0.05) is 11.6 Å². The number of carbonyl (C=O) groups is 2. The summed E-state index contributed by atoms with van der Waals surface area (Å²) in [4.78, 5) is 23.4. The first-order valence-electron chi connectivity index (χ1n) is 6.96. The molecule has 0 aromatic heterocycles. The van der Waals surface area contributed by atoms with Crippen molar-refractivity contribution in [2.45, 2.75) is 11.8 Å². The summed E-state index contributed by atoms with van der Waals surface area (Å²) in [5.74, 6) is -2.13. The zero-order chi connectivity index (χ0) is 18.8. The molecule has 6 nitrogen and oxygen atoms in total. The Morgan fingerprint density at radius 3 is 2.32 bits per heavy atom. The van der Waals surface area contributed by atoms with Gasteiger partial charge in [-0.15, -0.1) is 0 Å². The maximum atomic E-state index is 13.9. The Balaban J connectivity index is 2.41. The van der Waals surface area contributed by atoms with E-state index in [1.54, 1.807) is 0 Å². The topological polar surface area (TPSA) is 92.3 Å². The lowest BCUT2D eigenvalue weighted by atomic mass is 10.2. The Morgan fingerprint density at radius 1 is 1.04 bits per heavy atom. The van der Waals surface area contributed by atoms with E-state index in [4.69, 9.17) is 11.6 Å². The van der Waals surface area contributed by atoms with Crippen molar-refractivity contribution in [2.24, 2.45) is 0 Å². The summed E-state index contributed by atoms with van der Waals surface area (Å²) in [5.41, 5.74) is -0.0292. The molecule has 0 aliphatic rings. The maximum absolute atomic E-state index is 13.9. The Labute approximate surface area is 148 Å². The van der Waals surface area contributed by atoms with Gasteiger partial charge in [0.15, 0.2) is 9.84 Å². The number of rotatable bonds is 4. The molecule has 0 spiro atoms. The van der Waals surface area contributed by atoms with Crippen LogP contribution in [0.4, 0.5) is 15.8 Å². The van der Waals surface area contributed by atoms with Crippen molar-refractivity contribution in [1.29, 1.82) is 0 Å². The van der Waals surface area contributed by atoms with Crippen molar-refractivity contribution in [2.75, 3.05) is 16.9 Å². The molecule has 0 heterocycles. The Bertz CT molecular complexity index is 961. The summed E-state index contributed by atoms with van der Waals surface area (Å²) in [5, 5.41) is 5.21. The molecule has 2 amide bonds. The lowest BCUT2D eigenvalue weighted by Gasteiger charge is -2.13. The molecule has 0 atom stereocenters. The highest BCUT2D eigenvalue weighted by Gasteiger charge is 2.18. The van der Waals surface area contributed by atoms with Crippen molar-refractivity contribution in [3.63, 3.8) is 0 Å². The zero-order valence-electron chi connectivity index (χ0n) is 13.3. The third-order valence-corrected chi connectivity index (χ3v) is 4.50. The smallest absolute Gasteiger partial charge is 0.258 e. The Kier molecular flexibility index (Phi) is 5.44. The Hall–Kier alpha value is -2.45. The van der Waals surface area contributed by atoms with Crippen LogP contribution in [0, 0.1) is 5.82 Å². The quantitative estimate of drug-likeness (QED) is 0.792. The fourth-order valence-corrected chi connectivity index (χ4v) is 2.84. The van der Waals surface area contributed by atoms with Gasteiger partial charge in [0, 0.05) is 18.2 Å². The van der Waals surface area contributed by atoms with Gasteiger partial charge < -0.3 is 10.6 Å². The van der Waals surface area contributed by atoms with Crippen LogP contribution in [0.3, 0.4) is 0 Å². The molecular formula is C16H14ClFN2O4S. The van der Waals surface area contributed by atoms with Crippen molar-refractivity contribution in [1.82, 2.24) is 0 Å². The second-order valence-corrected chi connectivity index (χ2v) is 7.69. The third kappa shape index (κ3) is 4.77. The van der Waals surface area contributed by atoms with E-state index in [0.29, 0.717) is 0 Å². The van der Waals surface area contributed by atoms with Gasteiger partial charge in [-0.25, -0.2) is 12.8 Å². The summed E-state index contributed by atoms with van der Waals surface area (Å²) >= 11 is 5.88. The summed E-state index contributed by atoms with van der Waals surface area (Å²) in [6.07, 6.45) is 0.952. The minimum absolute atomic E-state index is 0.150. The minimum Gasteiger partial charge on any atom is -0.325 e. The predicted molar refractivity (Wildman–Crippen MR) is 93.2 cm³/mol. The highest BCUT2D eigenvalue weighted by molar-refractivity contribution is 7.90.